The second-order valence-electron chi connectivity index (χ2n) is 9.64. The van der Waals surface area contributed by atoms with Gasteiger partial charge in [-0.25, -0.2) is 8.42 Å². The number of carbonyl (C=O) groups is 1. The normalized spacial score (nSPS) is 18.2. The molecule has 0 spiro atoms. The maximum Gasteiger partial charge on any atom is 0.264 e. The molecule has 32 heavy (non-hydrogen) atoms. The largest absolute Gasteiger partial charge is 0.337 e. The lowest BCUT2D eigenvalue weighted by atomic mass is 10.0. The first-order chi connectivity index (χ1) is 15.2. The SMILES string of the molecule is CC(C)(C)N1CCCN(C(=O)c2cccc(S(=O)(=O)N3CCCc4ccccc43)c2)CC1. The van der Waals surface area contributed by atoms with E-state index in [2.05, 4.69) is 25.7 Å². The average Bonchev–Trinajstić information content (AvgIpc) is 3.05. The summed E-state index contributed by atoms with van der Waals surface area (Å²) in [6.07, 6.45) is 2.57. The lowest BCUT2D eigenvalue weighted by Crippen LogP contribution is -2.44. The number of anilines is 1. The van der Waals surface area contributed by atoms with Crippen LogP contribution in [0.3, 0.4) is 0 Å². The van der Waals surface area contributed by atoms with Crippen molar-refractivity contribution in [3.05, 3.63) is 59.7 Å². The number of carbonyl (C=O) groups excluding carboxylic acids is 1. The third-order valence-corrected chi connectivity index (χ3v) is 8.28. The lowest BCUT2D eigenvalue weighted by Gasteiger charge is -2.34. The Morgan fingerprint density at radius 3 is 2.44 bits per heavy atom. The highest BCUT2D eigenvalue weighted by atomic mass is 32.2. The van der Waals surface area contributed by atoms with Gasteiger partial charge in [-0.05, 0) is 69.9 Å². The van der Waals surface area contributed by atoms with Crippen LogP contribution in [0.15, 0.2) is 53.4 Å². The van der Waals surface area contributed by atoms with Crippen LogP contribution in [0.5, 0.6) is 0 Å². The monoisotopic (exact) mass is 455 g/mol. The van der Waals surface area contributed by atoms with Gasteiger partial charge in [0.25, 0.3) is 15.9 Å². The van der Waals surface area contributed by atoms with Crippen LogP contribution in [0.2, 0.25) is 0 Å². The zero-order valence-electron chi connectivity index (χ0n) is 19.3. The van der Waals surface area contributed by atoms with Gasteiger partial charge in [-0.15, -0.1) is 0 Å². The molecular formula is C25H33N3O3S. The van der Waals surface area contributed by atoms with Crippen molar-refractivity contribution in [1.82, 2.24) is 9.80 Å². The maximum absolute atomic E-state index is 13.5. The fourth-order valence-corrected chi connectivity index (χ4v) is 6.23. The molecule has 0 radical (unpaired) electrons. The van der Waals surface area contributed by atoms with Crippen LogP contribution >= 0.6 is 0 Å². The zero-order valence-corrected chi connectivity index (χ0v) is 20.1. The number of amides is 1. The molecule has 0 unspecified atom stereocenters. The molecule has 2 aromatic carbocycles. The van der Waals surface area contributed by atoms with E-state index in [9.17, 15) is 13.2 Å². The molecule has 7 heteroatoms. The molecule has 0 N–H and O–H groups in total. The van der Waals surface area contributed by atoms with Crippen LogP contribution in [-0.4, -0.2) is 62.4 Å². The third kappa shape index (κ3) is 4.55. The Balaban J connectivity index is 1.57. The summed E-state index contributed by atoms with van der Waals surface area (Å²) in [7, 11) is -3.74. The van der Waals surface area contributed by atoms with Gasteiger partial charge in [-0.3, -0.25) is 14.0 Å². The van der Waals surface area contributed by atoms with E-state index < -0.39 is 10.0 Å². The van der Waals surface area contributed by atoms with E-state index in [0.29, 0.717) is 25.2 Å². The number of nitrogens with zero attached hydrogens (tertiary/aromatic N) is 3. The van der Waals surface area contributed by atoms with Crippen molar-refractivity contribution < 1.29 is 13.2 Å². The molecule has 1 saturated heterocycles. The van der Waals surface area contributed by atoms with Crippen molar-refractivity contribution in [2.24, 2.45) is 0 Å². The predicted octanol–water partition coefficient (Wildman–Crippen LogP) is 3.77. The van der Waals surface area contributed by atoms with E-state index in [0.717, 1.165) is 43.6 Å². The number of aryl methyl sites for hydroxylation is 1. The fourth-order valence-electron chi connectivity index (χ4n) is 4.64. The van der Waals surface area contributed by atoms with Gasteiger partial charge in [0.1, 0.15) is 0 Å². The Labute approximate surface area is 191 Å². The van der Waals surface area contributed by atoms with Crippen molar-refractivity contribution in [1.29, 1.82) is 0 Å². The molecule has 0 atom stereocenters. The molecule has 1 fully saturated rings. The second kappa shape index (κ2) is 8.87. The predicted molar refractivity (Wildman–Crippen MR) is 128 cm³/mol. The summed E-state index contributed by atoms with van der Waals surface area (Å²) in [6, 6.07) is 14.2. The summed E-state index contributed by atoms with van der Waals surface area (Å²) in [5, 5.41) is 0. The van der Waals surface area contributed by atoms with Crippen LogP contribution < -0.4 is 4.31 Å². The highest BCUT2D eigenvalue weighted by molar-refractivity contribution is 7.92. The first-order valence-electron chi connectivity index (χ1n) is 11.4. The quantitative estimate of drug-likeness (QED) is 0.707. The first kappa shape index (κ1) is 22.8. The topological polar surface area (TPSA) is 60.9 Å². The molecule has 172 valence electrons. The summed E-state index contributed by atoms with van der Waals surface area (Å²) in [5.41, 5.74) is 2.28. The van der Waals surface area contributed by atoms with Crippen molar-refractivity contribution in [2.75, 3.05) is 37.0 Å². The van der Waals surface area contributed by atoms with E-state index in [1.807, 2.05) is 29.2 Å². The molecule has 1 amide bonds. The minimum Gasteiger partial charge on any atom is -0.337 e. The summed E-state index contributed by atoms with van der Waals surface area (Å²) in [5.74, 6) is -0.100. The summed E-state index contributed by atoms with van der Waals surface area (Å²) in [4.78, 5) is 17.7. The van der Waals surface area contributed by atoms with Crippen molar-refractivity contribution in [3.63, 3.8) is 0 Å². The Morgan fingerprint density at radius 1 is 0.875 bits per heavy atom. The molecule has 2 aliphatic heterocycles. The van der Waals surface area contributed by atoms with Crippen LogP contribution in [0.4, 0.5) is 5.69 Å². The summed E-state index contributed by atoms with van der Waals surface area (Å²) < 4.78 is 28.5. The Kier molecular flexibility index (Phi) is 6.32. The third-order valence-electron chi connectivity index (χ3n) is 6.47. The Hall–Kier alpha value is -2.38. The van der Waals surface area contributed by atoms with Crippen molar-refractivity contribution in [3.8, 4) is 0 Å². The molecule has 2 heterocycles. The second-order valence-corrected chi connectivity index (χ2v) is 11.5. The van der Waals surface area contributed by atoms with Gasteiger partial charge in [-0.2, -0.15) is 0 Å². The first-order valence-corrected chi connectivity index (χ1v) is 12.9. The van der Waals surface area contributed by atoms with E-state index in [4.69, 9.17) is 0 Å². The van der Waals surface area contributed by atoms with E-state index in [1.165, 1.54) is 4.31 Å². The smallest absolute Gasteiger partial charge is 0.264 e. The van der Waals surface area contributed by atoms with Crippen LogP contribution in [-0.2, 0) is 16.4 Å². The van der Waals surface area contributed by atoms with Gasteiger partial charge >= 0.3 is 0 Å². The maximum atomic E-state index is 13.5. The number of hydrogen-bond acceptors (Lipinski definition) is 4. The van der Waals surface area contributed by atoms with E-state index >= 15 is 0 Å². The summed E-state index contributed by atoms with van der Waals surface area (Å²) in [6.45, 7) is 10.1. The minimum absolute atomic E-state index is 0.0672. The molecule has 0 saturated carbocycles. The molecule has 0 bridgehead atoms. The number of sulfonamides is 1. The van der Waals surface area contributed by atoms with Gasteiger partial charge in [-0.1, -0.05) is 24.3 Å². The number of fused-ring (bicyclic) bond motifs is 1. The highest BCUT2D eigenvalue weighted by Crippen LogP contribution is 2.32. The highest BCUT2D eigenvalue weighted by Gasteiger charge is 2.30. The van der Waals surface area contributed by atoms with Crippen molar-refractivity contribution in [2.45, 2.75) is 50.5 Å². The molecule has 2 aliphatic rings. The van der Waals surface area contributed by atoms with E-state index in [-0.39, 0.29) is 16.3 Å². The van der Waals surface area contributed by atoms with Crippen LogP contribution in [0.1, 0.15) is 49.5 Å². The molecule has 0 aliphatic carbocycles. The Bertz CT molecular complexity index is 1090. The average molecular weight is 456 g/mol. The van der Waals surface area contributed by atoms with Crippen molar-refractivity contribution >= 4 is 21.6 Å². The number of benzene rings is 2. The van der Waals surface area contributed by atoms with Gasteiger partial charge in [0.15, 0.2) is 0 Å². The van der Waals surface area contributed by atoms with Crippen LogP contribution in [0, 0.1) is 0 Å². The van der Waals surface area contributed by atoms with Gasteiger partial charge in [0, 0.05) is 43.8 Å². The number of hydrogen-bond donors (Lipinski definition) is 0. The van der Waals surface area contributed by atoms with Gasteiger partial charge < -0.3 is 4.90 Å². The molecular weight excluding hydrogens is 422 g/mol. The van der Waals surface area contributed by atoms with Gasteiger partial charge in [0.2, 0.25) is 0 Å². The lowest BCUT2D eigenvalue weighted by molar-refractivity contribution is 0.0749. The molecule has 2 aromatic rings. The Morgan fingerprint density at radius 2 is 1.66 bits per heavy atom. The zero-order chi connectivity index (χ0) is 22.9. The van der Waals surface area contributed by atoms with Crippen LogP contribution in [0.25, 0.3) is 0 Å². The molecule has 0 aromatic heterocycles. The number of rotatable bonds is 3. The fraction of sp³-hybridized carbons (Fsp3) is 0.480. The number of para-hydroxylation sites is 1. The molecule has 6 nitrogen and oxygen atoms in total. The standard InChI is InChI=1S/C25H33N3O3S/c1-25(2,3)27-15-8-14-26(17-18-27)24(29)21-10-6-12-22(19-21)32(30,31)28-16-7-11-20-9-4-5-13-23(20)28/h4-6,9-10,12-13,19H,7-8,11,14-18H2,1-3H3. The minimum atomic E-state index is -3.74. The van der Waals surface area contributed by atoms with Gasteiger partial charge in [0.05, 0.1) is 10.6 Å². The van der Waals surface area contributed by atoms with E-state index in [1.54, 1.807) is 24.3 Å². The summed E-state index contributed by atoms with van der Waals surface area (Å²) >= 11 is 0. The molecule has 4 rings (SSSR count).